The Morgan fingerprint density at radius 3 is 2.85 bits per heavy atom. The Bertz CT molecular complexity index is 409. The lowest BCUT2D eigenvalue weighted by molar-refractivity contribution is 0.393. The van der Waals surface area contributed by atoms with Gasteiger partial charge in [-0.2, -0.15) is 0 Å². The van der Waals surface area contributed by atoms with Gasteiger partial charge in [-0.25, -0.2) is 0 Å². The van der Waals surface area contributed by atoms with Crippen LogP contribution in [0, 0.1) is 0 Å². The highest BCUT2D eigenvalue weighted by molar-refractivity contribution is 5.86. The van der Waals surface area contributed by atoms with E-state index in [2.05, 4.69) is 14.9 Å². The Balaban J connectivity index is 2.57. The Labute approximate surface area is 74.2 Å². The highest BCUT2D eigenvalue weighted by Crippen LogP contribution is 2.18. The number of hydrogen-bond donors (Lipinski definition) is 0. The average Bonchev–Trinajstić information content (AvgIpc) is 2.70. The maximum atomic E-state index is 10.5. The molecule has 13 heavy (non-hydrogen) atoms. The summed E-state index contributed by atoms with van der Waals surface area (Å²) in [5, 5.41) is 7.02. The highest BCUT2D eigenvalue weighted by Gasteiger charge is 2.06. The van der Waals surface area contributed by atoms with Crippen LogP contribution < -0.4 is 0 Å². The molecule has 2 aromatic rings. The minimum Gasteiger partial charge on any atom is -0.345 e. The quantitative estimate of drug-likeness (QED) is 0.684. The van der Waals surface area contributed by atoms with E-state index in [1.165, 1.54) is 6.26 Å². The zero-order valence-corrected chi connectivity index (χ0v) is 6.60. The summed E-state index contributed by atoms with van der Waals surface area (Å²) < 4.78 is 4.58. The third-order valence-electron chi connectivity index (χ3n) is 1.67. The first-order chi connectivity index (χ1) is 6.42. The van der Waals surface area contributed by atoms with Gasteiger partial charge in [-0.1, -0.05) is 24.3 Å². The molecule has 1 radical (unpaired) electrons. The number of rotatable bonds is 2. The largest absolute Gasteiger partial charge is 0.345 e. The Morgan fingerprint density at radius 1 is 1.31 bits per heavy atom. The number of hydrogen-bond acceptors (Lipinski definition) is 4. The molecule has 1 aromatic carbocycles. The van der Waals surface area contributed by atoms with Crippen molar-refractivity contribution in [2.24, 2.45) is 0 Å². The number of benzene rings is 1. The number of nitrogens with zero attached hydrogens (tertiary/aromatic N) is 2. The van der Waals surface area contributed by atoms with E-state index in [1.54, 1.807) is 18.2 Å². The molecule has 0 amide bonds. The first-order valence-corrected chi connectivity index (χ1v) is 3.66. The van der Waals surface area contributed by atoms with Gasteiger partial charge < -0.3 is 4.52 Å². The Hall–Kier alpha value is -1.97. The highest BCUT2D eigenvalue weighted by atomic mass is 16.5. The fourth-order valence-corrected chi connectivity index (χ4v) is 1.08. The maximum Gasteiger partial charge on any atom is 0.234 e. The van der Waals surface area contributed by atoms with Crippen molar-refractivity contribution in [3.05, 3.63) is 36.1 Å². The van der Waals surface area contributed by atoms with Crippen molar-refractivity contribution < 1.29 is 9.32 Å². The van der Waals surface area contributed by atoms with Crippen molar-refractivity contribution in [2.45, 2.75) is 0 Å². The molecule has 2 rings (SSSR count). The van der Waals surface area contributed by atoms with E-state index >= 15 is 0 Å². The monoisotopic (exact) mass is 173 g/mol. The summed E-state index contributed by atoms with van der Waals surface area (Å²) in [6, 6.07) is 7.00. The second-order valence-electron chi connectivity index (χ2n) is 2.44. The normalized spacial score (nSPS) is 9.85. The van der Waals surface area contributed by atoms with Crippen LogP contribution in [0.5, 0.6) is 0 Å². The summed E-state index contributed by atoms with van der Waals surface area (Å²) in [5.41, 5.74) is 1.68. The van der Waals surface area contributed by atoms with Crippen LogP contribution in [0.2, 0.25) is 0 Å². The molecule has 0 saturated carbocycles. The number of aromatic nitrogens is 2. The van der Waals surface area contributed by atoms with Crippen molar-refractivity contribution in [1.29, 1.82) is 0 Å². The van der Waals surface area contributed by atoms with Crippen molar-refractivity contribution in [3.8, 4) is 11.3 Å². The molecular weight excluding hydrogens is 168 g/mol. The fraction of sp³-hybridized carbons (Fsp3) is 0. The van der Waals surface area contributed by atoms with Crippen LogP contribution in [0.4, 0.5) is 0 Å². The molecule has 0 unspecified atom stereocenters. The molecule has 0 aliphatic rings. The standard InChI is InChI=1S/C9H5N2O2/c12-5-7-3-1-2-4-8(7)9-6-13-11-10-9/h1-4,6H. The van der Waals surface area contributed by atoms with E-state index in [0.29, 0.717) is 16.8 Å². The molecular formula is C9H5N2O2. The Morgan fingerprint density at radius 2 is 2.15 bits per heavy atom. The molecule has 0 bridgehead atoms. The van der Waals surface area contributed by atoms with Crippen LogP contribution in [-0.4, -0.2) is 16.7 Å². The second-order valence-corrected chi connectivity index (χ2v) is 2.44. The molecule has 0 atom stereocenters. The lowest BCUT2D eigenvalue weighted by atomic mass is 10.1. The molecule has 1 aromatic heterocycles. The van der Waals surface area contributed by atoms with Crippen LogP contribution in [-0.2, 0) is 4.79 Å². The molecule has 0 aliphatic carbocycles. The zero-order valence-electron chi connectivity index (χ0n) is 6.60. The first kappa shape index (κ1) is 7.67. The van der Waals surface area contributed by atoms with Crippen molar-refractivity contribution >= 4 is 6.29 Å². The van der Waals surface area contributed by atoms with Gasteiger partial charge in [0.25, 0.3) is 0 Å². The van der Waals surface area contributed by atoms with Gasteiger partial charge in [0.2, 0.25) is 6.29 Å². The summed E-state index contributed by atoms with van der Waals surface area (Å²) in [5.74, 6) is 0. The molecule has 63 valence electrons. The van der Waals surface area contributed by atoms with Gasteiger partial charge in [0, 0.05) is 16.4 Å². The summed E-state index contributed by atoms with van der Waals surface area (Å²) in [7, 11) is 0. The maximum absolute atomic E-state index is 10.5. The van der Waals surface area contributed by atoms with E-state index < -0.39 is 0 Å². The van der Waals surface area contributed by atoms with Gasteiger partial charge in [-0.15, -0.1) is 5.10 Å². The zero-order chi connectivity index (χ0) is 9.10. The molecule has 0 aliphatic heterocycles. The SMILES string of the molecule is O=[C]c1ccccc1-c1conn1. The predicted octanol–water partition coefficient (Wildman–Crippen LogP) is 1.19. The van der Waals surface area contributed by atoms with E-state index in [9.17, 15) is 4.79 Å². The van der Waals surface area contributed by atoms with E-state index in [0.717, 1.165) is 0 Å². The molecule has 0 fully saturated rings. The fourth-order valence-electron chi connectivity index (χ4n) is 1.08. The summed E-state index contributed by atoms with van der Waals surface area (Å²) >= 11 is 0. The molecule has 0 spiro atoms. The third-order valence-corrected chi connectivity index (χ3v) is 1.67. The van der Waals surface area contributed by atoms with Crippen LogP contribution >= 0.6 is 0 Å². The minimum atomic E-state index is 0.457. The summed E-state index contributed by atoms with van der Waals surface area (Å²) in [6.45, 7) is 0. The van der Waals surface area contributed by atoms with Crippen LogP contribution in [0.25, 0.3) is 11.3 Å². The van der Waals surface area contributed by atoms with Gasteiger partial charge in [-0.3, -0.25) is 4.79 Å². The third kappa shape index (κ3) is 1.33. The smallest absolute Gasteiger partial charge is 0.234 e. The van der Waals surface area contributed by atoms with E-state index in [4.69, 9.17) is 0 Å². The molecule has 0 saturated heterocycles. The van der Waals surface area contributed by atoms with Gasteiger partial charge in [0.1, 0.15) is 5.69 Å². The van der Waals surface area contributed by atoms with Gasteiger partial charge >= 0.3 is 0 Å². The second kappa shape index (κ2) is 3.18. The molecule has 4 heteroatoms. The van der Waals surface area contributed by atoms with Crippen molar-refractivity contribution in [3.63, 3.8) is 0 Å². The lowest BCUT2D eigenvalue weighted by Gasteiger charge is -1.96. The molecule has 0 N–H and O–H groups in total. The van der Waals surface area contributed by atoms with Crippen LogP contribution in [0.3, 0.4) is 0 Å². The van der Waals surface area contributed by atoms with Crippen molar-refractivity contribution in [1.82, 2.24) is 10.4 Å². The van der Waals surface area contributed by atoms with Gasteiger partial charge in [0.15, 0.2) is 6.26 Å². The minimum absolute atomic E-state index is 0.457. The summed E-state index contributed by atoms with van der Waals surface area (Å²) in [6.07, 6.45) is 3.21. The predicted molar refractivity (Wildman–Crippen MR) is 44.5 cm³/mol. The molecule has 4 nitrogen and oxygen atoms in total. The van der Waals surface area contributed by atoms with Crippen LogP contribution in [0.1, 0.15) is 5.56 Å². The van der Waals surface area contributed by atoms with Crippen LogP contribution in [0.15, 0.2) is 35.1 Å². The van der Waals surface area contributed by atoms with E-state index in [1.807, 2.05) is 12.4 Å². The van der Waals surface area contributed by atoms with Gasteiger partial charge in [-0.05, 0) is 0 Å². The van der Waals surface area contributed by atoms with E-state index in [-0.39, 0.29) is 0 Å². The Kier molecular flexibility index (Phi) is 1.88. The van der Waals surface area contributed by atoms with Gasteiger partial charge in [0.05, 0.1) is 0 Å². The first-order valence-electron chi connectivity index (χ1n) is 3.66. The molecule has 1 heterocycles. The summed E-state index contributed by atoms with van der Waals surface area (Å²) in [4.78, 5) is 10.5. The average molecular weight is 173 g/mol. The van der Waals surface area contributed by atoms with Crippen molar-refractivity contribution in [2.75, 3.05) is 0 Å². The topological polar surface area (TPSA) is 56.0 Å². The number of carbonyl (C=O) groups excluding carboxylic acids is 1. The lowest BCUT2D eigenvalue weighted by Crippen LogP contribution is -1.86.